The molecule has 1 aromatic rings. The van der Waals surface area contributed by atoms with Crippen molar-refractivity contribution in [3.05, 3.63) is 29.6 Å². The van der Waals surface area contributed by atoms with Crippen LogP contribution in [-0.2, 0) is 0 Å². The van der Waals surface area contributed by atoms with Crippen molar-refractivity contribution in [2.24, 2.45) is 0 Å². The maximum atomic E-state index is 13.2. The van der Waals surface area contributed by atoms with E-state index in [9.17, 15) is 9.50 Å². The van der Waals surface area contributed by atoms with Crippen LogP contribution >= 0.6 is 0 Å². The van der Waals surface area contributed by atoms with Crippen molar-refractivity contribution >= 4 is 5.69 Å². The second-order valence-electron chi connectivity index (χ2n) is 4.92. The Labute approximate surface area is 102 Å². The minimum Gasteiger partial charge on any atom is -0.389 e. The Morgan fingerprint density at radius 3 is 2.82 bits per heavy atom. The fraction of sp³-hybridized carbons (Fsp3) is 0.571. The largest absolute Gasteiger partial charge is 0.389 e. The Bertz CT molecular complexity index is 392. The molecular formula is C14H20FNO. The van der Waals surface area contributed by atoms with Crippen LogP contribution in [0.1, 0.15) is 44.8 Å². The molecule has 2 atom stereocenters. The smallest absolute Gasteiger partial charge is 0.123 e. The van der Waals surface area contributed by atoms with Crippen LogP contribution in [0.3, 0.4) is 0 Å². The number of anilines is 1. The van der Waals surface area contributed by atoms with Crippen LogP contribution in [0.25, 0.3) is 0 Å². The molecule has 0 amide bonds. The van der Waals surface area contributed by atoms with Gasteiger partial charge in [0.2, 0.25) is 0 Å². The molecule has 1 aromatic carbocycles. The summed E-state index contributed by atoms with van der Waals surface area (Å²) in [6.45, 7) is 4.87. The van der Waals surface area contributed by atoms with Gasteiger partial charge in [-0.25, -0.2) is 4.39 Å². The zero-order valence-corrected chi connectivity index (χ0v) is 10.5. The zero-order chi connectivity index (χ0) is 12.4. The summed E-state index contributed by atoms with van der Waals surface area (Å²) < 4.78 is 13.2. The summed E-state index contributed by atoms with van der Waals surface area (Å²) in [6.07, 6.45) is 2.95. The van der Waals surface area contributed by atoms with E-state index in [-0.39, 0.29) is 5.82 Å². The third-order valence-electron chi connectivity index (χ3n) is 3.55. The van der Waals surface area contributed by atoms with Gasteiger partial charge >= 0.3 is 0 Å². The van der Waals surface area contributed by atoms with Crippen LogP contribution in [0.4, 0.5) is 10.1 Å². The highest BCUT2D eigenvalue weighted by molar-refractivity contribution is 5.55. The van der Waals surface area contributed by atoms with Gasteiger partial charge in [0.15, 0.2) is 0 Å². The SMILES string of the molecule is CC1CCCCN1c1ccc(F)cc1[C@@H](C)O. The van der Waals surface area contributed by atoms with Crippen LogP contribution in [0, 0.1) is 5.82 Å². The number of rotatable bonds is 2. The van der Waals surface area contributed by atoms with E-state index >= 15 is 0 Å². The summed E-state index contributed by atoms with van der Waals surface area (Å²) in [6, 6.07) is 5.18. The standard InChI is InChI=1S/C14H20FNO/c1-10-5-3-4-8-16(10)14-7-6-12(15)9-13(14)11(2)17/h6-7,9-11,17H,3-5,8H2,1-2H3/t10?,11-/m1/s1. The fourth-order valence-electron chi connectivity index (χ4n) is 2.58. The number of hydrogen-bond donors (Lipinski definition) is 1. The minimum absolute atomic E-state index is 0.283. The molecule has 1 aliphatic rings. The van der Waals surface area contributed by atoms with E-state index in [0.29, 0.717) is 11.6 Å². The quantitative estimate of drug-likeness (QED) is 0.853. The third kappa shape index (κ3) is 2.60. The monoisotopic (exact) mass is 237 g/mol. The Hall–Kier alpha value is -1.09. The molecule has 0 spiro atoms. The van der Waals surface area contributed by atoms with Gasteiger partial charge in [-0.1, -0.05) is 0 Å². The molecule has 1 saturated heterocycles. The number of halogens is 1. The van der Waals surface area contributed by atoms with Gasteiger partial charge in [-0.2, -0.15) is 0 Å². The summed E-state index contributed by atoms with van der Waals surface area (Å²) in [4.78, 5) is 2.28. The fourth-order valence-corrected chi connectivity index (χ4v) is 2.58. The number of hydrogen-bond acceptors (Lipinski definition) is 2. The molecule has 0 bridgehead atoms. The molecule has 2 nitrogen and oxygen atoms in total. The van der Waals surface area contributed by atoms with E-state index in [1.54, 1.807) is 13.0 Å². The van der Waals surface area contributed by atoms with E-state index in [0.717, 1.165) is 18.7 Å². The first kappa shape index (κ1) is 12.4. The summed E-state index contributed by atoms with van der Waals surface area (Å²) >= 11 is 0. The first-order valence-corrected chi connectivity index (χ1v) is 6.33. The molecule has 2 rings (SSSR count). The molecule has 0 aliphatic carbocycles. The number of nitrogens with zero attached hydrogens (tertiary/aromatic N) is 1. The summed E-state index contributed by atoms with van der Waals surface area (Å²) in [5.74, 6) is -0.283. The van der Waals surface area contributed by atoms with E-state index in [2.05, 4.69) is 11.8 Å². The second-order valence-corrected chi connectivity index (χ2v) is 4.92. The van der Waals surface area contributed by atoms with Gasteiger partial charge in [0, 0.05) is 23.8 Å². The van der Waals surface area contributed by atoms with Crippen molar-refractivity contribution in [1.82, 2.24) is 0 Å². The zero-order valence-electron chi connectivity index (χ0n) is 10.5. The van der Waals surface area contributed by atoms with Crippen molar-refractivity contribution in [2.45, 2.75) is 45.3 Å². The van der Waals surface area contributed by atoms with Gasteiger partial charge in [0.05, 0.1) is 6.10 Å². The van der Waals surface area contributed by atoms with Crippen molar-refractivity contribution in [3.8, 4) is 0 Å². The summed E-state index contributed by atoms with van der Waals surface area (Å²) in [5.41, 5.74) is 1.67. The molecule has 94 valence electrons. The molecule has 1 unspecified atom stereocenters. The lowest BCUT2D eigenvalue weighted by Gasteiger charge is -2.37. The molecule has 1 heterocycles. The van der Waals surface area contributed by atoms with E-state index in [4.69, 9.17) is 0 Å². The van der Waals surface area contributed by atoms with Crippen LogP contribution in [0.5, 0.6) is 0 Å². The second kappa shape index (κ2) is 5.05. The van der Waals surface area contributed by atoms with E-state index in [1.807, 2.05) is 0 Å². The lowest BCUT2D eigenvalue weighted by Crippen LogP contribution is -2.38. The predicted octanol–water partition coefficient (Wildman–Crippen LogP) is 3.26. The molecule has 0 saturated carbocycles. The number of aliphatic hydroxyl groups excluding tert-OH is 1. The van der Waals surface area contributed by atoms with Gasteiger partial charge in [-0.05, 0) is 51.3 Å². The first-order valence-electron chi connectivity index (χ1n) is 6.33. The average molecular weight is 237 g/mol. The number of aliphatic hydroxyl groups is 1. The minimum atomic E-state index is -0.630. The van der Waals surface area contributed by atoms with Crippen molar-refractivity contribution in [3.63, 3.8) is 0 Å². The van der Waals surface area contributed by atoms with Crippen LogP contribution < -0.4 is 4.90 Å². The normalized spacial score (nSPS) is 22.6. The number of piperidine rings is 1. The molecule has 0 radical (unpaired) electrons. The van der Waals surface area contributed by atoms with Crippen molar-refractivity contribution in [2.75, 3.05) is 11.4 Å². The third-order valence-corrected chi connectivity index (χ3v) is 3.55. The van der Waals surface area contributed by atoms with Crippen LogP contribution in [-0.4, -0.2) is 17.7 Å². The van der Waals surface area contributed by atoms with E-state index < -0.39 is 6.10 Å². The van der Waals surface area contributed by atoms with Crippen molar-refractivity contribution < 1.29 is 9.50 Å². The molecule has 17 heavy (non-hydrogen) atoms. The molecule has 1 fully saturated rings. The summed E-state index contributed by atoms with van der Waals surface area (Å²) in [5, 5.41) is 9.75. The predicted molar refractivity (Wildman–Crippen MR) is 67.7 cm³/mol. The maximum absolute atomic E-state index is 13.2. The van der Waals surface area contributed by atoms with Gasteiger partial charge in [0.25, 0.3) is 0 Å². The Morgan fingerprint density at radius 1 is 1.41 bits per heavy atom. The lowest BCUT2D eigenvalue weighted by molar-refractivity contribution is 0.199. The van der Waals surface area contributed by atoms with E-state index in [1.165, 1.54) is 25.0 Å². The van der Waals surface area contributed by atoms with Crippen molar-refractivity contribution in [1.29, 1.82) is 0 Å². The highest BCUT2D eigenvalue weighted by Crippen LogP contribution is 2.31. The van der Waals surface area contributed by atoms with Gasteiger partial charge in [-0.3, -0.25) is 0 Å². The van der Waals surface area contributed by atoms with Crippen LogP contribution in [0.2, 0.25) is 0 Å². The topological polar surface area (TPSA) is 23.5 Å². The molecule has 0 aromatic heterocycles. The van der Waals surface area contributed by atoms with Gasteiger partial charge < -0.3 is 10.0 Å². The maximum Gasteiger partial charge on any atom is 0.123 e. The number of benzene rings is 1. The van der Waals surface area contributed by atoms with Gasteiger partial charge in [-0.15, -0.1) is 0 Å². The molecule has 1 aliphatic heterocycles. The lowest BCUT2D eigenvalue weighted by atomic mass is 9.99. The highest BCUT2D eigenvalue weighted by atomic mass is 19.1. The Morgan fingerprint density at radius 2 is 2.18 bits per heavy atom. The first-order chi connectivity index (χ1) is 8.09. The Kier molecular flexibility index (Phi) is 3.67. The molecule has 1 N–H and O–H groups in total. The molecule has 3 heteroatoms. The van der Waals surface area contributed by atoms with Crippen LogP contribution in [0.15, 0.2) is 18.2 Å². The Balaban J connectivity index is 2.36. The summed E-state index contributed by atoms with van der Waals surface area (Å²) in [7, 11) is 0. The van der Waals surface area contributed by atoms with Gasteiger partial charge in [0.1, 0.15) is 5.82 Å². The molecular weight excluding hydrogens is 217 g/mol. The highest BCUT2D eigenvalue weighted by Gasteiger charge is 2.22. The average Bonchev–Trinajstić information content (AvgIpc) is 2.30.